The summed E-state index contributed by atoms with van der Waals surface area (Å²) in [4.78, 5) is 0. The maximum Gasteiger partial charge on any atom is 0.331 e. The van der Waals surface area contributed by atoms with Crippen molar-refractivity contribution in [2.24, 2.45) is 0 Å². The fourth-order valence-corrected chi connectivity index (χ4v) is 0.750. The van der Waals surface area contributed by atoms with Crippen LogP contribution in [0.25, 0.3) is 0 Å². The minimum absolute atomic E-state index is 0.158. The molecule has 0 atom stereocenters. The molecule has 0 saturated carbocycles. The largest absolute Gasteiger partial charge is 0.460 e. The normalized spacial score (nSPS) is 18.1. The van der Waals surface area contributed by atoms with Crippen molar-refractivity contribution in [2.45, 2.75) is 0 Å². The predicted molar refractivity (Wildman–Crippen MR) is 26.7 cm³/mol. The summed E-state index contributed by atoms with van der Waals surface area (Å²) in [5.41, 5.74) is 0. The summed E-state index contributed by atoms with van der Waals surface area (Å²) in [7, 11) is -4.19. The van der Waals surface area contributed by atoms with Gasteiger partial charge in [-0.1, -0.05) is 0 Å². The van der Waals surface area contributed by atoms with Crippen LogP contribution in [0.5, 0.6) is 0 Å². The highest BCUT2D eigenvalue weighted by molar-refractivity contribution is 7.89. The zero-order valence-electron chi connectivity index (χ0n) is 4.27. The first-order chi connectivity index (χ1) is 4.11. The molecule has 0 aromatic heterocycles. The first-order valence-electron chi connectivity index (χ1n) is 2.03. The molecule has 0 spiro atoms. The first-order valence-corrected chi connectivity index (χ1v) is 3.47. The van der Waals surface area contributed by atoms with E-state index in [1.807, 2.05) is 0 Å². The number of rotatable bonds is 1. The van der Waals surface area contributed by atoms with Gasteiger partial charge in [-0.2, -0.15) is 8.42 Å². The fourth-order valence-electron chi connectivity index (χ4n) is 0.363. The van der Waals surface area contributed by atoms with Crippen molar-refractivity contribution in [1.29, 1.82) is 0 Å². The van der Waals surface area contributed by atoms with Crippen LogP contribution in [0.2, 0.25) is 0 Å². The lowest BCUT2D eigenvalue weighted by molar-refractivity contribution is 0.0866. The molecule has 1 aliphatic rings. The Hall–Kier alpha value is -0.750. The minimum Gasteiger partial charge on any atom is -0.460 e. The summed E-state index contributed by atoms with van der Waals surface area (Å²) in [5.74, 6) is 0. The molecule has 5 nitrogen and oxygen atoms in total. The van der Waals surface area contributed by atoms with E-state index in [1.165, 1.54) is 0 Å². The molecular weight excluding hydrogens is 148 g/mol. The molecule has 0 bridgehead atoms. The lowest BCUT2D eigenvalue weighted by atomic mass is 11.1. The summed E-state index contributed by atoms with van der Waals surface area (Å²) in [6.07, 6.45) is 0.843. The third kappa shape index (κ3) is 1.33. The predicted octanol–water partition coefficient (Wildman–Crippen LogP) is -0.323. The molecule has 6 heteroatoms. The molecule has 0 unspecified atom stereocenters. The Morgan fingerprint density at radius 2 is 2.33 bits per heavy atom. The summed E-state index contributed by atoms with van der Waals surface area (Å²) >= 11 is 0. The highest BCUT2D eigenvalue weighted by atomic mass is 32.2. The molecule has 0 fully saturated rings. The second-order valence-electron chi connectivity index (χ2n) is 1.34. The van der Waals surface area contributed by atoms with Crippen LogP contribution in [0, 0.1) is 0 Å². The van der Waals surface area contributed by atoms with Crippen molar-refractivity contribution in [3.8, 4) is 0 Å². The van der Waals surface area contributed by atoms with Gasteiger partial charge in [0.05, 0.1) is 0 Å². The minimum atomic E-state index is -4.19. The number of ether oxygens (including phenoxy) is 2. The van der Waals surface area contributed by atoms with Gasteiger partial charge in [-0.05, 0) is 0 Å². The zero-order chi connectivity index (χ0) is 6.91. The average molecular weight is 152 g/mol. The second kappa shape index (κ2) is 1.89. The van der Waals surface area contributed by atoms with Crippen molar-refractivity contribution in [3.05, 3.63) is 11.4 Å². The zero-order valence-corrected chi connectivity index (χ0v) is 5.09. The maximum absolute atomic E-state index is 10.1. The van der Waals surface area contributed by atoms with Crippen molar-refractivity contribution < 1.29 is 22.4 Å². The lowest BCUT2D eigenvalue weighted by Gasteiger charge is -1.92. The molecule has 0 saturated heterocycles. The summed E-state index contributed by atoms with van der Waals surface area (Å²) < 4.78 is 37.1. The van der Waals surface area contributed by atoms with Crippen LogP contribution in [0.1, 0.15) is 0 Å². The van der Waals surface area contributed by atoms with Crippen LogP contribution in [0.4, 0.5) is 0 Å². The molecule has 52 valence electrons. The molecule has 9 heavy (non-hydrogen) atoms. The highest BCUT2D eigenvalue weighted by Gasteiger charge is 2.19. The van der Waals surface area contributed by atoms with Gasteiger partial charge in [0, 0.05) is 0 Å². The van der Waals surface area contributed by atoms with Crippen LogP contribution in [0.3, 0.4) is 0 Å². The van der Waals surface area contributed by atoms with Gasteiger partial charge in [-0.3, -0.25) is 4.55 Å². The summed E-state index contributed by atoms with van der Waals surface area (Å²) in [5, 5.41) is -0.539. The Morgan fingerprint density at radius 1 is 1.67 bits per heavy atom. The fraction of sp³-hybridized carbons (Fsp3) is 0.333. The van der Waals surface area contributed by atoms with E-state index in [9.17, 15) is 8.42 Å². The Balaban J connectivity index is 2.87. The van der Waals surface area contributed by atoms with Gasteiger partial charge >= 0.3 is 10.1 Å². The third-order valence-electron chi connectivity index (χ3n) is 0.703. The average Bonchev–Trinajstić information content (AvgIpc) is 2.08. The highest BCUT2D eigenvalue weighted by Crippen LogP contribution is 2.11. The van der Waals surface area contributed by atoms with Crippen molar-refractivity contribution in [2.75, 3.05) is 6.79 Å². The Bertz CT molecular complexity index is 225. The Labute approximate surface area is 51.6 Å². The molecule has 0 radical (unpaired) electrons. The molecule has 1 rings (SSSR count). The third-order valence-corrected chi connectivity index (χ3v) is 1.43. The molecule has 0 aromatic rings. The molecule has 1 N–H and O–H groups in total. The van der Waals surface area contributed by atoms with E-state index in [0.29, 0.717) is 0 Å². The smallest absolute Gasteiger partial charge is 0.331 e. The standard InChI is InChI=1S/C3H4O5S/c4-9(5,6)3-1-7-2-8-3/h1H,2H2,(H,4,5,6). The Morgan fingerprint density at radius 3 is 2.56 bits per heavy atom. The molecular formula is C3H4O5S. The van der Waals surface area contributed by atoms with Crippen molar-refractivity contribution >= 4 is 10.1 Å². The van der Waals surface area contributed by atoms with Gasteiger partial charge in [-0.15, -0.1) is 0 Å². The van der Waals surface area contributed by atoms with Gasteiger partial charge < -0.3 is 9.47 Å². The lowest BCUT2D eigenvalue weighted by Crippen LogP contribution is -2.01. The SMILES string of the molecule is O=S(=O)(O)C1=COCO1. The van der Waals surface area contributed by atoms with E-state index < -0.39 is 15.2 Å². The maximum atomic E-state index is 10.1. The van der Waals surface area contributed by atoms with Crippen LogP contribution in [-0.2, 0) is 19.6 Å². The van der Waals surface area contributed by atoms with Crippen LogP contribution < -0.4 is 0 Å². The van der Waals surface area contributed by atoms with Crippen molar-refractivity contribution in [3.63, 3.8) is 0 Å². The Kier molecular flexibility index (Phi) is 1.34. The topological polar surface area (TPSA) is 72.8 Å². The van der Waals surface area contributed by atoms with Crippen molar-refractivity contribution in [1.82, 2.24) is 0 Å². The van der Waals surface area contributed by atoms with Gasteiger partial charge in [-0.25, -0.2) is 0 Å². The van der Waals surface area contributed by atoms with Crippen LogP contribution in [-0.4, -0.2) is 19.8 Å². The molecule has 0 amide bonds. The second-order valence-corrected chi connectivity index (χ2v) is 2.69. The van der Waals surface area contributed by atoms with Crippen LogP contribution >= 0.6 is 0 Å². The summed E-state index contributed by atoms with van der Waals surface area (Å²) in [6, 6.07) is 0. The summed E-state index contributed by atoms with van der Waals surface area (Å²) in [6.45, 7) is -0.158. The number of hydrogen-bond acceptors (Lipinski definition) is 4. The molecule has 1 heterocycles. The van der Waals surface area contributed by atoms with E-state index >= 15 is 0 Å². The van der Waals surface area contributed by atoms with E-state index in [4.69, 9.17) is 4.55 Å². The first kappa shape index (κ1) is 6.37. The van der Waals surface area contributed by atoms with E-state index in [2.05, 4.69) is 9.47 Å². The molecule has 1 aliphatic heterocycles. The van der Waals surface area contributed by atoms with Gasteiger partial charge in [0.25, 0.3) is 5.09 Å². The van der Waals surface area contributed by atoms with Gasteiger partial charge in [0.2, 0.25) is 6.79 Å². The monoisotopic (exact) mass is 152 g/mol. The van der Waals surface area contributed by atoms with E-state index in [1.54, 1.807) is 0 Å². The quantitative estimate of drug-likeness (QED) is 0.521. The van der Waals surface area contributed by atoms with Gasteiger partial charge in [0.15, 0.2) is 0 Å². The van der Waals surface area contributed by atoms with Crippen LogP contribution in [0.15, 0.2) is 11.4 Å². The molecule has 0 aromatic carbocycles. The van der Waals surface area contributed by atoms with Gasteiger partial charge in [0.1, 0.15) is 6.26 Å². The molecule has 0 aliphatic carbocycles. The van der Waals surface area contributed by atoms with E-state index in [0.717, 1.165) is 6.26 Å². The van der Waals surface area contributed by atoms with E-state index in [-0.39, 0.29) is 6.79 Å². The number of hydrogen-bond donors (Lipinski definition) is 1.